The number of carbonyl (C=O) groups excluding carboxylic acids is 2. The number of esters is 1. The summed E-state index contributed by atoms with van der Waals surface area (Å²) in [6.45, 7) is 0. The van der Waals surface area contributed by atoms with Gasteiger partial charge in [-0.25, -0.2) is 0 Å². The second-order valence-corrected chi connectivity index (χ2v) is 7.16. The number of benzene rings is 1. The highest BCUT2D eigenvalue weighted by molar-refractivity contribution is 7.87. The molecule has 1 aromatic rings. The highest BCUT2D eigenvalue weighted by atomic mass is 32.2. The Labute approximate surface area is 153 Å². The Morgan fingerprint density at radius 1 is 1.04 bits per heavy atom. The van der Waals surface area contributed by atoms with Crippen molar-refractivity contribution in [2.24, 2.45) is 0 Å². The van der Waals surface area contributed by atoms with Crippen LogP contribution in [-0.4, -0.2) is 53.5 Å². The summed E-state index contributed by atoms with van der Waals surface area (Å²) in [6, 6.07) is 3.78. The lowest BCUT2D eigenvalue weighted by atomic mass is 9.85. The Morgan fingerprint density at radius 3 is 1.92 bits per heavy atom. The van der Waals surface area contributed by atoms with Gasteiger partial charge in [0.15, 0.2) is 0 Å². The van der Waals surface area contributed by atoms with Gasteiger partial charge >= 0.3 is 21.3 Å². The third kappa shape index (κ3) is 5.17. The normalized spacial score (nSPS) is 12.0. The average Bonchev–Trinajstić information content (AvgIpc) is 2.58. The summed E-state index contributed by atoms with van der Waals surface area (Å²) < 4.78 is 61.1. The zero-order chi connectivity index (χ0) is 20.1. The molecule has 0 aliphatic heterocycles. The molecule has 0 heterocycles. The molecule has 0 fully saturated rings. The van der Waals surface area contributed by atoms with Crippen LogP contribution in [0, 0.1) is 0 Å². The van der Waals surface area contributed by atoms with E-state index in [1.165, 1.54) is 0 Å². The van der Waals surface area contributed by atoms with Crippen LogP contribution < -0.4 is 4.74 Å². The van der Waals surface area contributed by atoms with E-state index in [0.717, 1.165) is 23.0 Å². The summed E-state index contributed by atoms with van der Waals surface area (Å²) in [4.78, 5) is 23.3. The van der Waals surface area contributed by atoms with E-state index in [9.17, 15) is 26.8 Å². The molecule has 0 saturated heterocycles. The molecule has 0 aromatic heterocycles. The average molecular weight is 386 g/mol. The standard InChI is InChI=1S/C14H19B3F2O6S/c15-5-8-3-9(6-16)13(10(4-8)7-17)25-12(21)2-1-11(20)14(18,19)26(22,23)24/h3-4H,1-2,5-7,15-17H2,(H,22,23,24). The van der Waals surface area contributed by atoms with Gasteiger partial charge in [0.1, 0.15) is 29.3 Å². The summed E-state index contributed by atoms with van der Waals surface area (Å²) >= 11 is 0. The van der Waals surface area contributed by atoms with Crippen LogP contribution in [0.15, 0.2) is 12.1 Å². The molecule has 0 aliphatic rings. The van der Waals surface area contributed by atoms with E-state index < -0.39 is 40.0 Å². The molecule has 0 saturated carbocycles. The number of hydrogen-bond donors (Lipinski definition) is 1. The molecule has 26 heavy (non-hydrogen) atoms. The third-order valence-electron chi connectivity index (χ3n) is 3.89. The van der Waals surface area contributed by atoms with Crippen molar-refractivity contribution in [3.05, 3.63) is 28.8 Å². The van der Waals surface area contributed by atoms with Crippen molar-refractivity contribution in [1.82, 2.24) is 0 Å². The summed E-state index contributed by atoms with van der Waals surface area (Å²) in [6.07, 6.45) is 0.174. The fourth-order valence-electron chi connectivity index (χ4n) is 2.36. The lowest BCUT2D eigenvalue weighted by molar-refractivity contribution is -0.140. The molecule has 0 bridgehead atoms. The maximum absolute atomic E-state index is 13.2. The molecule has 1 rings (SSSR count). The van der Waals surface area contributed by atoms with Gasteiger partial charge in [0, 0.05) is 6.42 Å². The fraction of sp³-hybridized carbons (Fsp3) is 0.429. The van der Waals surface area contributed by atoms with E-state index >= 15 is 0 Å². The first-order chi connectivity index (χ1) is 12.0. The van der Waals surface area contributed by atoms with Crippen LogP contribution >= 0.6 is 0 Å². The van der Waals surface area contributed by atoms with Gasteiger partial charge in [0.05, 0.1) is 6.42 Å². The zero-order valence-electron chi connectivity index (χ0n) is 14.8. The van der Waals surface area contributed by atoms with Gasteiger partial charge in [-0.2, -0.15) is 17.2 Å². The molecule has 0 atom stereocenters. The Morgan fingerprint density at radius 2 is 1.54 bits per heavy atom. The SMILES string of the molecule is BCc1cc(CB)c(OC(=O)CCC(=O)C(F)(F)S(=O)(=O)O)c(CB)c1. The molecule has 12 heteroatoms. The first kappa shape index (κ1) is 22.4. The summed E-state index contributed by atoms with van der Waals surface area (Å²) in [5, 5.41) is -4.95. The van der Waals surface area contributed by atoms with Crippen molar-refractivity contribution < 1.29 is 36.1 Å². The monoisotopic (exact) mass is 386 g/mol. The third-order valence-corrected chi connectivity index (χ3v) is 4.77. The largest absolute Gasteiger partial charge is 0.426 e. The van der Waals surface area contributed by atoms with E-state index in [1.807, 2.05) is 35.7 Å². The quantitative estimate of drug-likeness (QED) is 0.249. The predicted molar refractivity (Wildman–Crippen MR) is 99.6 cm³/mol. The van der Waals surface area contributed by atoms with E-state index in [1.54, 1.807) is 0 Å². The van der Waals surface area contributed by atoms with Gasteiger partial charge in [0.25, 0.3) is 0 Å². The van der Waals surface area contributed by atoms with Crippen molar-refractivity contribution >= 4 is 45.4 Å². The molecule has 0 unspecified atom stereocenters. The minimum atomic E-state index is -5.87. The van der Waals surface area contributed by atoms with E-state index in [-0.39, 0.29) is 0 Å². The Balaban J connectivity index is 2.91. The Kier molecular flexibility index (Phi) is 7.58. The van der Waals surface area contributed by atoms with Crippen LogP contribution in [0.3, 0.4) is 0 Å². The molecule has 6 nitrogen and oxygen atoms in total. The smallest absolute Gasteiger partial charge is 0.426 e. The maximum Gasteiger partial charge on any atom is 0.426 e. The molecule has 1 N–H and O–H groups in total. The lowest BCUT2D eigenvalue weighted by Gasteiger charge is -2.16. The highest BCUT2D eigenvalue weighted by Gasteiger charge is 2.51. The molecule has 0 amide bonds. The Hall–Kier alpha value is -1.68. The second-order valence-electron chi connectivity index (χ2n) is 5.69. The van der Waals surface area contributed by atoms with Crippen molar-refractivity contribution in [2.75, 3.05) is 0 Å². The van der Waals surface area contributed by atoms with Crippen molar-refractivity contribution in [3.8, 4) is 5.75 Å². The van der Waals surface area contributed by atoms with Crippen LogP contribution in [0.1, 0.15) is 29.5 Å². The van der Waals surface area contributed by atoms with E-state index in [4.69, 9.17) is 9.29 Å². The van der Waals surface area contributed by atoms with Crippen molar-refractivity contribution in [3.63, 3.8) is 0 Å². The van der Waals surface area contributed by atoms with Gasteiger partial charge in [-0.3, -0.25) is 14.1 Å². The van der Waals surface area contributed by atoms with E-state index in [2.05, 4.69) is 0 Å². The lowest BCUT2D eigenvalue weighted by Crippen LogP contribution is -2.37. The molecule has 1 aromatic carbocycles. The number of alkyl halides is 2. The van der Waals surface area contributed by atoms with Crippen LogP contribution in [0.2, 0.25) is 0 Å². The molecule has 140 valence electrons. The minimum Gasteiger partial charge on any atom is -0.426 e. The van der Waals surface area contributed by atoms with Crippen LogP contribution in [-0.2, 0) is 38.7 Å². The number of halogens is 2. The number of ketones is 1. The summed E-state index contributed by atoms with van der Waals surface area (Å²) in [5.41, 5.74) is 2.63. The van der Waals surface area contributed by atoms with Crippen molar-refractivity contribution in [1.29, 1.82) is 0 Å². The highest BCUT2D eigenvalue weighted by Crippen LogP contribution is 2.28. The van der Waals surface area contributed by atoms with Gasteiger partial charge in [-0.1, -0.05) is 36.7 Å². The number of Topliss-reactive ketones (excluding diaryl/α,β-unsaturated/α-hetero) is 1. The molecule has 0 spiro atoms. The number of ether oxygens (including phenoxy) is 1. The molecular formula is C14H19B3F2O6S. The minimum absolute atomic E-state index is 0.339. The number of rotatable bonds is 9. The van der Waals surface area contributed by atoms with Gasteiger partial charge in [0.2, 0.25) is 5.78 Å². The van der Waals surface area contributed by atoms with Crippen molar-refractivity contribution in [2.45, 2.75) is 37.1 Å². The molecule has 0 aliphatic carbocycles. The summed E-state index contributed by atoms with van der Waals surface area (Å²) in [7, 11) is -0.132. The number of hydrogen-bond acceptors (Lipinski definition) is 5. The predicted octanol–water partition coefficient (Wildman–Crippen LogP) is -1.18. The maximum atomic E-state index is 13.2. The fourth-order valence-corrected chi connectivity index (χ4v) is 2.75. The zero-order valence-corrected chi connectivity index (χ0v) is 15.7. The Bertz CT molecular complexity index is 773. The topological polar surface area (TPSA) is 97.7 Å². The first-order valence-corrected chi connectivity index (χ1v) is 9.65. The second kappa shape index (κ2) is 8.81. The first-order valence-electron chi connectivity index (χ1n) is 8.21. The van der Waals surface area contributed by atoms with Crippen LogP contribution in [0.5, 0.6) is 5.75 Å². The van der Waals surface area contributed by atoms with Gasteiger partial charge in [-0.05, 0) is 11.1 Å². The van der Waals surface area contributed by atoms with E-state index in [0.29, 0.717) is 18.4 Å². The van der Waals surface area contributed by atoms with Crippen LogP contribution in [0.25, 0.3) is 0 Å². The van der Waals surface area contributed by atoms with Gasteiger partial charge < -0.3 is 4.74 Å². The van der Waals surface area contributed by atoms with Crippen LogP contribution in [0.4, 0.5) is 8.78 Å². The van der Waals surface area contributed by atoms with Gasteiger partial charge in [-0.15, -0.1) is 0 Å². The summed E-state index contributed by atoms with van der Waals surface area (Å²) in [5.74, 6) is -2.66. The molecular weight excluding hydrogens is 367 g/mol. The number of carbonyl (C=O) groups is 2. The molecule has 0 radical (unpaired) electrons.